The van der Waals surface area contributed by atoms with E-state index in [0.29, 0.717) is 24.7 Å². The molecular weight excluding hydrogens is 295 g/mol. The third-order valence-corrected chi connectivity index (χ3v) is 5.65. The topological polar surface area (TPSA) is 49.4 Å². The van der Waals surface area contributed by atoms with Gasteiger partial charge < -0.3 is 5.32 Å². The highest BCUT2D eigenvalue weighted by Crippen LogP contribution is 2.28. The van der Waals surface area contributed by atoms with Crippen LogP contribution in [0.4, 0.5) is 0 Å². The van der Waals surface area contributed by atoms with Gasteiger partial charge in [0.05, 0.1) is 5.02 Å². The lowest BCUT2D eigenvalue weighted by atomic mass is 10.3. The van der Waals surface area contributed by atoms with E-state index in [9.17, 15) is 8.42 Å². The molecule has 1 unspecified atom stereocenters. The molecule has 2 rings (SSSR count). The van der Waals surface area contributed by atoms with Crippen LogP contribution >= 0.6 is 23.2 Å². The normalized spacial score (nSPS) is 22.1. The average molecular weight is 309 g/mol. The lowest BCUT2D eigenvalue weighted by Crippen LogP contribution is -2.52. The van der Waals surface area contributed by atoms with Crippen molar-refractivity contribution >= 4 is 33.2 Å². The molecule has 0 saturated carbocycles. The van der Waals surface area contributed by atoms with Gasteiger partial charge in [-0.3, -0.25) is 0 Å². The van der Waals surface area contributed by atoms with Gasteiger partial charge in [0.15, 0.2) is 0 Å². The number of sulfonamides is 1. The molecule has 0 radical (unpaired) electrons. The van der Waals surface area contributed by atoms with Gasteiger partial charge in [0.1, 0.15) is 4.90 Å². The number of hydrogen-bond acceptors (Lipinski definition) is 3. The van der Waals surface area contributed by atoms with Crippen LogP contribution in [0.3, 0.4) is 0 Å². The summed E-state index contributed by atoms with van der Waals surface area (Å²) in [6.45, 7) is 3.58. The van der Waals surface area contributed by atoms with E-state index in [0.717, 1.165) is 0 Å². The zero-order valence-electron chi connectivity index (χ0n) is 9.86. The highest BCUT2D eigenvalue weighted by molar-refractivity contribution is 7.89. The van der Waals surface area contributed by atoms with E-state index in [1.54, 1.807) is 6.07 Å². The van der Waals surface area contributed by atoms with Gasteiger partial charge in [0, 0.05) is 30.7 Å². The molecule has 100 valence electrons. The Hall–Kier alpha value is -0.330. The summed E-state index contributed by atoms with van der Waals surface area (Å²) in [7, 11) is -3.59. The van der Waals surface area contributed by atoms with Crippen LogP contribution in [0.5, 0.6) is 0 Å². The minimum atomic E-state index is -3.59. The van der Waals surface area contributed by atoms with Gasteiger partial charge in [0.2, 0.25) is 10.0 Å². The predicted octanol–water partition coefficient (Wildman–Crippen LogP) is 1.98. The fraction of sp³-hybridized carbons (Fsp3) is 0.455. The van der Waals surface area contributed by atoms with E-state index in [1.807, 2.05) is 6.92 Å². The molecule has 0 aliphatic carbocycles. The maximum atomic E-state index is 12.5. The molecule has 1 aromatic carbocycles. The van der Waals surface area contributed by atoms with Crippen LogP contribution in [0.1, 0.15) is 6.92 Å². The number of piperazine rings is 1. The second-order valence-corrected chi connectivity index (χ2v) is 6.95. The standard InChI is InChI=1S/C11H14Cl2N2O2S/c1-8-7-14-4-5-15(8)18(16,17)11-6-9(12)2-3-10(11)13/h2-3,6,8,14H,4-5,7H2,1H3. The fourth-order valence-electron chi connectivity index (χ4n) is 1.98. The second-order valence-electron chi connectivity index (χ2n) is 4.24. The van der Waals surface area contributed by atoms with Crippen LogP contribution in [0.15, 0.2) is 23.1 Å². The van der Waals surface area contributed by atoms with Gasteiger partial charge in [0.25, 0.3) is 0 Å². The Morgan fingerprint density at radius 2 is 2.11 bits per heavy atom. The zero-order chi connectivity index (χ0) is 13.3. The highest BCUT2D eigenvalue weighted by atomic mass is 35.5. The molecule has 0 spiro atoms. The van der Waals surface area contributed by atoms with E-state index < -0.39 is 10.0 Å². The molecule has 1 N–H and O–H groups in total. The summed E-state index contributed by atoms with van der Waals surface area (Å²) < 4.78 is 26.5. The molecule has 1 fully saturated rings. The number of hydrogen-bond donors (Lipinski definition) is 1. The summed E-state index contributed by atoms with van der Waals surface area (Å²) in [4.78, 5) is 0.0745. The van der Waals surface area contributed by atoms with Crippen LogP contribution in [0.25, 0.3) is 0 Å². The van der Waals surface area contributed by atoms with Gasteiger partial charge in [-0.25, -0.2) is 8.42 Å². The maximum Gasteiger partial charge on any atom is 0.244 e. The molecule has 1 heterocycles. The molecule has 1 saturated heterocycles. The van der Waals surface area contributed by atoms with E-state index in [-0.39, 0.29) is 16.0 Å². The lowest BCUT2D eigenvalue weighted by molar-refractivity contribution is 0.284. The molecule has 0 bridgehead atoms. The Morgan fingerprint density at radius 3 is 2.78 bits per heavy atom. The largest absolute Gasteiger partial charge is 0.314 e. The van der Waals surface area contributed by atoms with Gasteiger partial charge >= 0.3 is 0 Å². The third-order valence-electron chi connectivity index (χ3n) is 2.92. The van der Waals surface area contributed by atoms with Crippen molar-refractivity contribution in [2.75, 3.05) is 19.6 Å². The Bertz CT molecular complexity index is 548. The van der Waals surface area contributed by atoms with Crippen LogP contribution in [-0.2, 0) is 10.0 Å². The molecule has 4 nitrogen and oxygen atoms in total. The number of rotatable bonds is 2. The summed E-state index contributed by atoms with van der Waals surface area (Å²) >= 11 is 11.8. The molecule has 1 atom stereocenters. The SMILES string of the molecule is CC1CNCCN1S(=O)(=O)c1cc(Cl)ccc1Cl. The highest BCUT2D eigenvalue weighted by Gasteiger charge is 2.32. The van der Waals surface area contributed by atoms with Gasteiger partial charge in [-0.2, -0.15) is 4.31 Å². The molecule has 1 aliphatic rings. The molecule has 1 aromatic rings. The first kappa shape index (κ1) is 14.1. The van der Waals surface area contributed by atoms with Crippen molar-refractivity contribution in [2.45, 2.75) is 17.9 Å². The van der Waals surface area contributed by atoms with Crippen LogP contribution in [-0.4, -0.2) is 38.4 Å². The van der Waals surface area contributed by atoms with E-state index >= 15 is 0 Å². The average Bonchev–Trinajstić information content (AvgIpc) is 2.32. The van der Waals surface area contributed by atoms with E-state index in [2.05, 4.69) is 5.32 Å². The maximum absolute atomic E-state index is 12.5. The van der Waals surface area contributed by atoms with Crippen LogP contribution < -0.4 is 5.32 Å². The Balaban J connectivity index is 2.44. The first-order valence-electron chi connectivity index (χ1n) is 5.60. The van der Waals surface area contributed by atoms with Crippen molar-refractivity contribution < 1.29 is 8.42 Å². The Labute approximate surface area is 117 Å². The van der Waals surface area contributed by atoms with Crippen molar-refractivity contribution in [3.8, 4) is 0 Å². The lowest BCUT2D eigenvalue weighted by Gasteiger charge is -2.33. The minimum absolute atomic E-state index is 0.0745. The summed E-state index contributed by atoms with van der Waals surface area (Å²) in [6.07, 6.45) is 0. The first-order valence-corrected chi connectivity index (χ1v) is 7.80. The summed E-state index contributed by atoms with van der Waals surface area (Å²) in [6, 6.07) is 4.38. The predicted molar refractivity (Wildman–Crippen MR) is 72.7 cm³/mol. The smallest absolute Gasteiger partial charge is 0.244 e. The number of nitrogens with zero attached hydrogens (tertiary/aromatic N) is 1. The van der Waals surface area contributed by atoms with Crippen molar-refractivity contribution in [2.24, 2.45) is 0 Å². The molecule has 18 heavy (non-hydrogen) atoms. The fourth-order valence-corrected chi connectivity index (χ4v) is 4.35. The third kappa shape index (κ3) is 2.65. The second kappa shape index (κ2) is 5.35. The van der Waals surface area contributed by atoms with E-state index in [4.69, 9.17) is 23.2 Å². The summed E-state index contributed by atoms with van der Waals surface area (Å²) in [5.41, 5.74) is 0. The van der Waals surface area contributed by atoms with Crippen LogP contribution in [0, 0.1) is 0 Å². The van der Waals surface area contributed by atoms with Gasteiger partial charge in [-0.1, -0.05) is 23.2 Å². The molecular formula is C11H14Cl2N2O2S. The summed E-state index contributed by atoms with van der Waals surface area (Å²) in [5, 5.41) is 3.71. The monoisotopic (exact) mass is 308 g/mol. The van der Waals surface area contributed by atoms with E-state index in [1.165, 1.54) is 16.4 Å². The van der Waals surface area contributed by atoms with Crippen LogP contribution in [0.2, 0.25) is 10.0 Å². The Morgan fingerprint density at radius 1 is 1.39 bits per heavy atom. The quantitative estimate of drug-likeness (QED) is 0.909. The molecule has 0 aromatic heterocycles. The molecule has 1 aliphatic heterocycles. The molecule has 0 amide bonds. The number of halogens is 2. The van der Waals surface area contributed by atoms with Crippen molar-refractivity contribution in [1.29, 1.82) is 0 Å². The first-order chi connectivity index (χ1) is 8.43. The zero-order valence-corrected chi connectivity index (χ0v) is 12.2. The number of benzene rings is 1. The van der Waals surface area contributed by atoms with Crippen molar-refractivity contribution in [3.63, 3.8) is 0 Å². The minimum Gasteiger partial charge on any atom is -0.314 e. The van der Waals surface area contributed by atoms with Crippen molar-refractivity contribution in [3.05, 3.63) is 28.2 Å². The van der Waals surface area contributed by atoms with Crippen molar-refractivity contribution in [1.82, 2.24) is 9.62 Å². The summed E-state index contributed by atoms with van der Waals surface area (Å²) in [5.74, 6) is 0. The number of nitrogens with one attached hydrogen (secondary N) is 1. The van der Waals surface area contributed by atoms with Gasteiger partial charge in [-0.05, 0) is 25.1 Å². The Kier molecular flexibility index (Phi) is 4.18. The van der Waals surface area contributed by atoms with Gasteiger partial charge in [-0.15, -0.1) is 0 Å². The molecule has 7 heteroatoms.